The van der Waals surface area contributed by atoms with E-state index in [1.54, 1.807) is 24.3 Å². The standard InChI is InChI=1S/C14H10F3O3P/c1-9-2-4-10(5-3-9)20-13-7-6-11(21(18)19)8-12(13)14(15,16)17/h2-8H,1H3/p+1. The zero-order valence-electron chi connectivity index (χ0n) is 10.9. The van der Waals surface area contributed by atoms with Crippen LogP contribution in [0.5, 0.6) is 11.5 Å². The van der Waals surface area contributed by atoms with E-state index in [1.807, 2.05) is 6.92 Å². The maximum absolute atomic E-state index is 13.0. The quantitative estimate of drug-likeness (QED) is 0.865. The third-order valence-electron chi connectivity index (χ3n) is 2.74. The molecule has 0 spiro atoms. The third-order valence-corrected chi connectivity index (χ3v) is 3.46. The van der Waals surface area contributed by atoms with Crippen LogP contribution in [-0.2, 0) is 10.7 Å². The fraction of sp³-hybridized carbons (Fsp3) is 0.143. The number of hydrogen-bond acceptors (Lipinski definition) is 2. The number of alkyl halides is 3. The summed E-state index contributed by atoms with van der Waals surface area (Å²) in [5.41, 5.74) is -0.135. The molecule has 0 bridgehead atoms. The number of aryl methyl sites for hydroxylation is 1. The summed E-state index contributed by atoms with van der Waals surface area (Å²) in [6, 6.07) is 9.33. The molecule has 21 heavy (non-hydrogen) atoms. The average molecular weight is 315 g/mol. The summed E-state index contributed by atoms with van der Waals surface area (Å²) in [6.45, 7) is 1.84. The van der Waals surface area contributed by atoms with E-state index >= 15 is 0 Å². The van der Waals surface area contributed by atoms with Gasteiger partial charge in [0.2, 0.25) is 5.30 Å². The summed E-state index contributed by atoms with van der Waals surface area (Å²) in [7, 11) is -2.84. The largest absolute Gasteiger partial charge is 0.546 e. The fourth-order valence-electron chi connectivity index (χ4n) is 1.68. The van der Waals surface area contributed by atoms with E-state index in [2.05, 4.69) is 0 Å². The molecule has 1 N–H and O–H groups in total. The molecular formula is C14H11F3O3P+. The summed E-state index contributed by atoms with van der Waals surface area (Å²) in [6.07, 6.45) is -4.68. The SMILES string of the molecule is Cc1ccc(Oc2ccc([P+](=O)O)cc2C(F)(F)F)cc1. The molecule has 0 saturated carbocycles. The maximum Gasteiger partial charge on any atom is 0.546 e. The van der Waals surface area contributed by atoms with Crippen molar-refractivity contribution in [3.8, 4) is 11.5 Å². The van der Waals surface area contributed by atoms with Gasteiger partial charge in [0, 0.05) is 6.07 Å². The van der Waals surface area contributed by atoms with Crippen molar-refractivity contribution in [2.75, 3.05) is 0 Å². The lowest BCUT2D eigenvalue weighted by atomic mass is 10.2. The van der Waals surface area contributed by atoms with Gasteiger partial charge in [0.05, 0.1) is 0 Å². The van der Waals surface area contributed by atoms with E-state index in [0.717, 1.165) is 17.7 Å². The number of halogens is 3. The fourth-order valence-corrected chi connectivity index (χ4v) is 2.12. The van der Waals surface area contributed by atoms with Crippen LogP contribution in [0.4, 0.5) is 13.2 Å². The van der Waals surface area contributed by atoms with Gasteiger partial charge in [0.1, 0.15) is 17.1 Å². The first kappa shape index (κ1) is 15.5. The van der Waals surface area contributed by atoms with Gasteiger partial charge < -0.3 is 4.74 Å². The van der Waals surface area contributed by atoms with Gasteiger partial charge in [-0.25, -0.2) is 0 Å². The minimum Gasteiger partial charge on any atom is -0.457 e. The smallest absolute Gasteiger partial charge is 0.457 e. The van der Waals surface area contributed by atoms with Crippen LogP contribution in [0, 0.1) is 6.92 Å². The topological polar surface area (TPSA) is 46.5 Å². The second kappa shape index (κ2) is 5.84. The Kier molecular flexibility index (Phi) is 4.30. The van der Waals surface area contributed by atoms with Crippen LogP contribution in [-0.4, -0.2) is 4.89 Å². The highest BCUT2D eigenvalue weighted by molar-refractivity contribution is 7.47. The highest BCUT2D eigenvalue weighted by Gasteiger charge is 2.37. The molecule has 0 fully saturated rings. The summed E-state index contributed by atoms with van der Waals surface area (Å²) >= 11 is 0. The van der Waals surface area contributed by atoms with E-state index in [0.29, 0.717) is 6.07 Å². The number of rotatable bonds is 3. The molecule has 0 amide bonds. The van der Waals surface area contributed by atoms with E-state index in [1.165, 1.54) is 0 Å². The third kappa shape index (κ3) is 3.80. The van der Waals surface area contributed by atoms with Crippen molar-refractivity contribution >= 4 is 13.3 Å². The molecule has 110 valence electrons. The van der Waals surface area contributed by atoms with Crippen molar-refractivity contribution < 1.29 is 27.4 Å². The molecule has 2 aromatic rings. The first-order valence-corrected chi connectivity index (χ1v) is 7.10. The Bertz CT molecular complexity index is 666. The van der Waals surface area contributed by atoms with Crippen molar-refractivity contribution in [1.82, 2.24) is 0 Å². The summed E-state index contributed by atoms with van der Waals surface area (Å²) in [5.74, 6) is -0.154. The number of benzene rings is 2. The van der Waals surface area contributed by atoms with E-state index in [4.69, 9.17) is 9.63 Å². The number of ether oxygens (including phenoxy) is 1. The highest BCUT2D eigenvalue weighted by Crippen LogP contribution is 2.38. The van der Waals surface area contributed by atoms with Crippen molar-refractivity contribution in [2.24, 2.45) is 0 Å². The Morgan fingerprint density at radius 1 is 1.10 bits per heavy atom. The Balaban J connectivity index is 2.43. The molecular weight excluding hydrogens is 304 g/mol. The number of hydrogen-bond donors (Lipinski definition) is 1. The first-order valence-electron chi connectivity index (χ1n) is 5.89. The lowest BCUT2D eigenvalue weighted by Gasteiger charge is -2.13. The summed E-state index contributed by atoms with van der Waals surface area (Å²) < 4.78 is 55.2. The van der Waals surface area contributed by atoms with Crippen molar-refractivity contribution in [1.29, 1.82) is 0 Å². The molecule has 2 aromatic carbocycles. The van der Waals surface area contributed by atoms with Gasteiger partial charge in [-0.05, 0) is 35.8 Å². The zero-order chi connectivity index (χ0) is 15.6. The second-order valence-corrected chi connectivity index (χ2v) is 5.43. The molecule has 0 aliphatic heterocycles. The van der Waals surface area contributed by atoms with Gasteiger partial charge in [-0.15, -0.1) is 0 Å². The summed E-state index contributed by atoms with van der Waals surface area (Å²) in [4.78, 5) is 8.93. The first-order chi connectivity index (χ1) is 9.77. The van der Waals surface area contributed by atoms with Crippen molar-refractivity contribution in [3.63, 3.8) is 0 Å². The maximum atomic E-state index is 13.0. The van der Waals surface area contributed by atoms with Gasteiger partial charge in [0.25, 0.3) is 0 Å². The van der Waals surface area contributed by atoms with Gasteiger partial charge in [-0.1, -0.05) is 17.7 Å². The second-order valence-electron chi connectivity index (χ2n) is 4.37. The normalized spacial score (nSPS) is 12.1. The molecule has 0 aromatic heterocycles. The molecule has 2 rings (SSSR count). The van der Waals surface area contributed by atoms with Crippen molar-refractivity contribution in [3.05, 3.63) is 53.6 Å². The van der Waals surface area contributed by atoms with E-state index in [-0.39, 0.29) is 11.1 Å². The van der Waals surface area contributed by atoms with Gasteiger partial charge in [-0.2, -0.15) is 18.1 Å². The van der Waals surface area contributed by atoms with Crippen molar-refractivity contribution in [2.45, 2.75) is 13.1 Å². The lowest BCUT2D eigenvalue weighted by molar-refractivity contribution is -0.138. The Morgan fingerprint density at radius 3 is 2.24 bits per heavy atom. The van der Waals surface area contributed by atoms with Crippen LogP contribution in [0.1, 0.15) is 11.1 Å². The molecule has 1 unspecified atom stereocenters. The van der Waals surface area contributed by atoms with Crippen LogP contribution in [0.3, 0.4) is 0 Å². The lowest BCUT2D eigenvalue weighted by Crippen LogP contribution is -2.11. The molecule has 3 nitrogen and oxygen atoms in total. The van der Waals surface area contributed by atoms with Crippen LogP contribution >= 0.6 is 8.03 Å². The predicted molar refractivity (Wildman–Crippen MR) is 72.2 cm³/mol. The molecule has 0 heterocycles. The monoisotopic (exact) mass is 315 g/mol. The molecule has 0 saturated heterocycles. The molecule has 0 radical (unpaired) electrons. The van der Waals surface area contributed by atoms with Gasteiger partial charge in [0.15, 0.2) is 0 Å². The van der Waals surface area contributed by atoms with Gasteiger partial charge in [-0.3, -0.25) is 0 Å². The molecule has 7 heteroatoms. The summed E-state index contributed by atoms with van der Waals surface area (Å²) in [5, 5.41) is -0.298. The van der Waals surface area contributed by atoms with Crippen LogP contribution < -0.4 is 10.0 Å². The highest BCUT2D eigenvalue weighted by atomic mass is 31.1. The average Bonchev–Trinajstić information content (AvgIpc) is 2.40. The Labute approximate surface area is 119 Å². The molecule has 0 aliphatic carbocycles. The van der Waals surface area contributed by atoms with Crippen LogP contribution in [0.15, 0.2) is 42.5 Å². The minimum atomic E-state index is -4.68. The van der Waals surface area contributed by atoms with E-state index < -0.39 is 25.5 Å². The molecule has 0 aliphatic rings. The van der Waals surface area contributed by atoms with E-state index in [9.17, 15) is 17.7 Å². The Morgan fingerprint density at radius 2 is 1.71 bits per heavy atom. The zero-order valence-corrected chi connectivity index (χ0v) is 11.8. The Hall–Kier alpha value is -1.91. The van der Waals surface area contributed by atoms with Gasteiger partial charge >= 0.3 is 14.2 Å². The van der Waals surface area contributed by atoms with Crippen LogP contribution in [0.2, 0.25) is 0 Å². The molecule has 1 atom stereocenters. The minimum absolute atomic E-state index is 0.257. The predicted octanol–water partition coefficient (Wildman–Crippen LogP) is 4.17. The van der Waals surface area contributed by atoms with Crippen LogP contribution in [0.25, 0.3) is 0 Å².